The number of amides is 4. The Morgan fingerprint density at radius 2 is 1.41 bits per heavy atom. The summed E-state index contributed by atoms with van der Waals surface area (Å²) in [4.78, 5) is 49.2. The highest BCUT2D eigenvalue weighted by molar-refractivity contribution is 5.92. The Labute approximate surface area is 199 Å². The molecule has 0 aromatic heterocycles. The van der Waals surface area contributed by atoms with Gasteiger partial charge in [0.2, 0.25) is 17.7 Å². The fourth-order valence-corrected chi connectivity index (χ4v) is 3.24. The monoisotopic (exact) mass is 468 g/mol. The number of nitrogens with two attached hydrogens (primary N) is 1. The number of nitrogens with one attached hydrogen (secondary N) is 3. The fourth-order valence-electron chi connectivity index (χ4n) is 3.24. The van der Waals surface area contributed by atoms with Crippen LogP contribution in [0.3, 0.4) is 0 Å². The van der Waals surface area contributed by atoms with E-state index in [0.717, 1.165) is 11.1 Å². The van der Waals surface area contributed by atoms with Crippen molar-refractivity contribution >= 4 is 23.8 Å². The molecule has 0 fully saturated rings. The molecule has 9 heteroatoms. The minimum atomic E-state index is -0.982. The summed E-state index contributed by atoms with van der Waals surface area (Å²) in [6, 6.07) is 16.5. The van der Waals surface area contributed by atoms with Crippen LogP contribution in [0.25, 0.3) is 0 Å². The van der Waals surface area contributed by atoms with Crippen molar-refractivity contribution in [3.8, 4) is 0 Å². The van der Waals surface area contributed by atoms with E-state index in [-0.39, 0.29) is 25.5 Å². The molecule has 2 aromatic rings. The van der Waals surface area contributed by atoms with Crippen LogP contribution in [0.4, 0.5) is 4.79 Å². The first kappa shape index (κ1) is 26.4. The Hall–Kier alpha value is -3.88. The van der Waals surface area contributed by atoms with E-state index in [1.54, 1.807) is 0 Å². The van der Waals surface area contributed by atoms with Crippen molar-refractivity contribution in [3.63, 3.8) is 0 Å². The fraction of sp³-hybridized carbons (Fsp3) is 0.360. The van der Waals surface area contributed by atoms with Gasteiger partial charge in [-0.25, -0.2) is 4.79 Å². The van der Waals surface area contributed by atoms with Gasteiger partial charge in [0, 0.05) is 6.42 Å². The first-order valence-electron chi connectivity index (χ1n) is 11.1. The molecule has 0 aliphatic heterocycles. The van der Waals surface area contributed by atoms with E-state index in [1.165, 1.54) is 0 Å². The molecule has 0 aliphatic rings. The molecule has 4 amide bonds. The highest BCUT2D eigenvalue weighted by atomic mass is 16.5. The van der Waals surface area contributed by atoms with Gasteiger partial charge in [-0.2, -0.15) is 0 Å². The maximum atomic E-state index is 13.1. The number of primary amides is 1. The van der Waals surface area contributed by atoms with Crippen LogP contribution in [0.1, 0.15) is 31.4 Å². The van der Waals surface area contributed by atoms with Crippen LogP contribution in [-0.4, -0.2) is 42.4 Å². The van der Waals surface area contributed by atoms with Gasteiger partial charge in [0.05, 0.1) is 6.54 Å². The maximum Gasteiger partial charge on any atom is 0.408 e. The Kier molecular flexibility index (Phi) is 10.6. The normalized spacial score (nSPS) is 12.3. The molecule has 0 saturated heterocycles. The molecule has 9 nitrogen and oxygen atoms in total. The molecular weight excluding hydrogens is 436 g/mol. The van der Waals surface area contributed by atoms with Gasteiger partial charge < -0.3 is 26.4 Å². The van der Waals surface area contributed by atoms with Gasteiger partial charge in [0.1, 0.15) is 18.7 Å². The number of benzene rings is 2. The molecular formula is C25H32N4O5. The second kappa shape index (κ2) is 13.6. The highest BCUT2D eigenvalue weighted by Gasteiger charge is 2.28. The summed E-state index contributed by atoms with van der Waals surface area (Å²) in [5.74, 6) is -1.67. The molecule has 0 saturated carbocycles. The number of carbonyl (C=O) groups excluding carboxylic acids is 4. The van der Waals surface area contributed by atoms with Crippen molar-refractivity contribution < 1.29 is 23.9 Å². The molecule has 0 aliphatic carbocycles. The summed E-state index contributed by atoms with van der Waals surface area (Å²) in [6.07, 6.45) is -0.212. The number of hydrogen-bond donors (Lipinski definition) is 4. The topological polar surface area (TPSA) is 140 Å². The highest BCUT2D eigenvalue weighted by Crippen LogP contribution is 2.09. The third-order valence-corrected chi connectivity index (χ3v) is 4.88. The largest absolute Gasteiger partial charge is 0.445 e. The average molecular weight is 469 g/mol. The molecule has 2 aromatic carbocycles. The summed E-state index contributed by atoms with van der Waals surface area (Å²) in [6.45, 7) is 3.53. The van der Waals surface area contributed by atoms with Crippen LogP contribution >= 0.6 is 0 Å². The summed E-state index contributed by atoms with van der Waals surface area (Å²) in [5, 5.41) is 7.72. The second-order valence-corrected chi connectivity index (χ2v) is 8.32. The lowest BCUT2D eigenvalue weighted by Crippen LogP contribution is -2.55. The van der Waals surface area contributed by atoms with Gasteiger partial charge in [-0.15, -0.1) is 0 Å². The quantitative estimate of drug-likeness (QED) is 0.375. The van der Waals surface area contributed by atoms with Gasteiger partial charge in [-0.05, 0) is 23.5 Å². The van der Waals surface area contributed by atoms with Crippen LogP contribution in [-0.2, 0) is 32.1 Å². The minimum absolute atomic E-state index is 0.0534. The second-order valence-electron chi connectivity index (χ2n) is 8.32. The Morgan fingerprint density at radius 1 is 0.824 bits per heavy atom. The molecule has 0 unspecified atom stereocenters. The van der Waals surface area contributed by atoms with Gasteiger partial charge in [-0.1, -0.05) is 74.5 Å². The predicted molar refractivity (Wildman–Crippen MR) is 127 cm³/mol. The first-order valence-corrected chi connectivity index (χ1v) is 11.1. The van der Waals surface area contributed by atoms with Gasteiger partial charge in [0.25, 0.3) is 0 Å². The van der Waals surface area contributed by atoms with Crippen LogP contribution in [0.5, 0.6) is 0 Å². The van der Waals surface area contributed by atoms with E-state index in [2.05, 4.69) is 16.0 Å². The number of carbonyl (C=O) groups is 4. The predicted octanol–water partition coefficient (Wildman–Crippen LogP) is 1.66. The van der Waals surface area contributed by atoms with E-state index in [4.69, 9.17) is 10.5 Å². The SMILES string of the molecule is CC(C)C[C@@H](NC(=O)[C@@H](Cc1ccccc1)NC(=O)OCc1ccccc1)C(=O)NCC(N)=O. The first-order chi connectivity index (χ1) is 16.2. The number of ether oxygens (including phenoxy) is 1. The molecule has 2 rings (SSSR count). The molecule has 5 N–H and O–H groups in total. The van der Waals surface area contributed by atoms with Crippen LogP contribution in [0, 0.1) is 5.92 Å². The van der Waals surface area contributed by atoms with E-state index in [1.807, 2.05) is 74.5 Å². The van der Waals surface area contributed by atoms with Crippen LogP contribution in [0.15, 0.2) is 60.7 Å². The van der Waals surface area contributed by atoms with E-state index in [9.17, 15) is 19.2 Å². The molecule has 0 spiro atoms. The maximum absolute atomic E-state index is 13.1. The lowest BCUT2D eigenvalue weighted by Gasteiger charge is -2.24. The molecule has 0 radical (unpaired) electrons. The van der Waals surface area contributed by atoms with E-state index in [0.29, 0.717) is 6.42 Å². The number of hydrogen-bond acceptors (Lipinski definition) is 5. The number of alkyl carbamates (subject to hydrolysis) is 1. The third kappa shape index (κ3) is 9.72. The molecule has 2 atom stereocenters. The Balaban J connectivity index is 2.10. The summed E-state index contributed by atoms with van der Waals surface area (Å²) < 4.78 is 5.27. The van der Waals surface area contributed by atoms with Crippen molar-refractivity contribution in [2.45, 2.75) is 45.4 Å². The van der Waals surface area contributed by atoms with Crippen LogP contribution in [0.2, 0.25) is 0 Å². The molecule has 182 valence electrons. The molecule has 0 bridgehead atoms. The Morgan fingerprint density at radius 3 is 1.97 bits per heavy atom. The van der Waals surface area contributed by atoms with Gasteiger partial charge >= 0.3 is 6.09 Å². The smallest absolute Gasteiger partial charge is 0.408 e. The van der Waals surface area contributed by atoms with Crippen LogP contribution < -0.4 is 21.7 Å². The lowest BCUT2D eigenvalue weighted by atomic mass is 10.0. The average Bonchev–Trinajstić information content (AvgIpc) is 2.81. The summed E-state index contributed by atoms with van der Waals surface area (Å²) in [5.41, 5.74) is 6.73. The van der Waals surface area contributed by atoms with Crippen molar-refractivity contribution in [1.29, 1.82) is 0 Å². The Bertz CT molecular complexity index is 950. The van der Waals surface area contributed by atoms with Crippen molar-refractivity contribution in [2.24, 2.45) is 11.7 Å². The summed E-state index contributed by atoms with van der Waals surface area (Å²) in [7, 11) is 0. The van der Waals surface area contributed by atoms with E-state index < -0.39 is 35.9 Å². The summed E-state index contributed by atoms with van der Waals surface area (Å²) >= 11 is 0. The zero-order chi connectivity index (χ0) is 24.9. The zero-order valence-corrected chi connectivity index (χ0v) is 19.5. The molecule has 0 heterocycles. The lowest BCUT2D eigenvalue weighted by molar-refractivity contribution is -0.131. The third-order valence-electron chi connectivity index (χ3n) is 4.88. The van der Waals surface area contributed by atoms with Gasteiger partial charge in [-0.3, -0.25) is 14.4 Å². The van der Waals surface area contributed by atoms with Gasteiger partial charge in [0.15, 0.2) is 0 Å². The van der Waals surface area contributed by atoms with Crippen molar-refractivity contribution in [1.82, 2.24) is 16.0 Å². The van der Waals surface area contributed by atoms with Crippen molar-refractivity contribution in [2.75, 3.05) is 6.54 Å². The number of rotatable bonds is 12. The van der Waals surface area contributed by atoms with E-state index >= 15 is 0 Å². The zero-order valence-electron chi connectivity index (χ0n) is 19.5. The van der Waals surface area contributed by atoms with Crippen molar-refractivity contribution in [3.05, 3.63) is 71.8 Å². The molecule has 34 heavy (non-hydrogen) atoms. The minimum Gasteiger partial charge on any atom is -0.445 e. The standard InChI is InChI=1S/C25H32N4O5/c1-17(2)13-20(23(31)27-15-22(26)30)28-24(32)21(14-18-9-5-3-6-10-18)29-25(33)34-16-19-11-7-4-8-12-19/h3-12,17,20-21H,13-16H2,1-2H3,(H2,26,30)(H,27,31)(H,28,32)(H,29,33)/t20-,21-/m1/s1.